The molecule has 0 N–H and O–H groups in total. The van der Waals surface area contributed by atoms with Crippen LogP contribution >= 0.6 is 0 Å². The Bertz CT molecular complexity index is 466. The number of carbonyl (C=O) groups is 1. The molecular weight excluding hydrogens is 272 g/mol. The molecule has 0 aliphatic carbocycles. The predicted octanol–water partition coefficient (Wildman–Crippen LogP) is 1.72. The number of piperidine rings is 1. The fraction of sp³-hybridized carbons (Fsp3) is 0.733. The van der Waals surface area contributed by atoms with Crippen LogP contribution in [0.25, 0.3) is 0 Å². The van der Waals surface area contributed by atoms with Crippen molar-refractivity contribution in [3.05, 3.63) is 18.4 Å². The Hall–Kier alpha value is -1.40. The molecule has 6 nitrogen and oxygen atoms in total. The molecule has 2 aliphatic heterocycles. The third kappa shape index (κ3) is 3.11. The summed E-state index contributed by atoms with van der Waals surface area (Å²) in [6.07, 6.45) is 5.92. The van der Waals surface area contributed by atoms with Crippen LogP contribution in [0.5, 0.6) is 0 Å². The molecule has 2 aliphatic rings. The molecule has 3 heterocycles. The number of hydrogen-bond donors (Lipinski definition) is 0. The molecule has 0 saturated carbocycles. The fourth-order valence-electron chi connectivity index (χ4n) is 3.26. The molecule has 0 bridgehead atoms. The largest absolute Gasteiger partial charge is 0.451 e. The van der Waals surface area contributed by atoms with Crippen molar-refractivity contribution in [2.45, 2.75) is 32.3 Å². The summed E-state index contributed by atoms with van der Waals surface area (Å²) < 4.78 is 16.2. The summed E-state index contributed by atoms with van der Waals surface area (Å²) in [5, 5.41) is 0. The van der Waals surface area contributed by atoms with Crippen molar-refractivity contribution in [3.63, 3.8) is 0 Å². The molecule has 1 atom stereocenters. The van der Waals surface area contributed by atoms with E-state index in [-0.39, 0.29) is 17.4 Å². The van der Waals surface area contributed by atoms with Crippen LogP contribution in [0, 0.1) is 5.41 Å². The molecule has 2 fully saturated rings. The highest BCUT2D eigenvalue weighted by atomic mass is 16.5. The highest BCUT2D eigenvalue weighted by Crippen LogP contribution is 2.42. The Balaban J connectivity index is 1.52. The van der Waals surface area contributed by atoms with E-state index in [4.69, 9.17) is 13.9 Å². The van der Waals surface area contributed by atoms with E-state index < -0.39 is 0 Å². The number of aromatic nitrogens is 1. The van der Waals surface area contributed by atoms with E-state index in [1.54, 1.807) is 0 Å². The zero-order valence-corrected chi connectivity index (χ0v) is 12.4. The zero-order chi connectivity index (χ0) is 14.7. The summed E-state index contributed by atoms with van der Waals surface area (Å²) in [7, 11) is 0. The van der Waals surface area contributed by atoms with Gasteiger partial charge in [0.15, 0.2) is 12.1 Å². The smallest absolute Gasteiger partial charge is 0.275 e. The van der Waals surface area contributed by atoms with Crippen LogP contribution in [-0.4, -0.2) is 54.8 Å². The number of oxazole rings is 1. The average Bonchev–Trinajstić information content (AvgIpc) is 3.16. The molecule has 0 unspecified atom stereocenters. The molecule has 1 amide bonds. The predicted molar refractivity (Wildman–Crippen MR) is 74.9 cm³/mol. The minimum absolute atomic E-state index is 0.0385. The number of hydrogen-bond acceptors (Lipinski definition) is 5. The Kier molecular flexibility index (Phi) is 4.26. The fourth-order valence-corrected chi connectivity index (χ4v) is 3.26. The van der Waals surface area contributed by atoms with Gasteiger partial charge in [-0.2, -0.15) is 0 Å². The maximum Gasteiger partial charge on any atom is 0.275 e. The number of nitrogens with zero attached hydrogens (tertiary/aromatic N) is 2. The van der Waals surface area contributed by atoms with Gasteiger partial charge in [-0.15, -0.1) is 0 Å². The van der Waals surface area contributed by atoms with Crippen molar-refractivity contribution in [2.24, 2.45) is 5.41 Å². The molecule has 0 aromatic carbocycles. The second-order valence-corrected chi connectivity index (χ2v) is 5.96. The van der Waals surface area contributed by atoms with E-state index in [0.717, 1.165) is 45.6 Å². The summed E-state index contributed by atoms with van der Waals surface area (Å²) in [5.41, 5.74) is 0.616. The number of ether oxygens (including phenoxy) is 2. The maximum atomic E-state index is 12.2. The van der Waals surface area contributed by atoms with Gasteiger partial charge in [0.25, 0.3) is 5.91 Å². The standard InChI is InChI=1S/C15H22N2O4/c1-2-19-8-12-7-15(10-21-12)3-5-17(6-4-15)14(18)13-9-20-11-16-13/h9,11-12H,2-8,10H2,1H3/t12-/m0/s1. The van der Waals surface area contributed by atoms with E-state index in [9.17, 15) is 4.79 Å². The summed E-state index contributed by atoms with van der Waals surface area (Å²) in [6, 6.07) is 0. The van der Waals surface area contributed by atoms with E-state index in [2.05, 4.69) is 4.98 Å². The highest BCUT2D eigenvalue weighted by Gasteiger charge is 2.43. The second kappa shape index (κ2) is 6.15. The van der Waals surface area contributed by atoms with E-state index in [1.165, 1.54) is 12.7 Å². The van der Waals surface area contributed by atoms with Crippen LogP contribution in [0.4, 0.5) is 0 Å². The third-order valence-corrected chi connectivity index (χ3v) is 4.56. The first-order chi connectivity index (χ1) is 10.2. The van der Waals surface area contributed by atoms with Crippen molar-refractivity contribution < 1.29 is 18.7 Å². The molecule has 1 spiro atoms. The van der Waals surface area contributed by atoms with Crippen molar-refractivity contribution >= 4 is 5.91 Å². The Morgan fingerprint density at radius 3 is 3.00 bits per heavy atom. The number of likely N-dealkylation sites (tertiary alicyclic amines) is 1. The molecule has 6 heteroatoms. The van der Waals surface area contributed by atoms with Gasteiger partial charge >= 0.3 is 0 Å². The molecule has 1 aromatic rings. The van der Waals surface area contributed by atoms with Gasteiger partial charge < -0.3 is 18.8 Å². The first-order valence-electron chi connectivity index (χ1n) is 7.59. The average molecular weight is 294 g/mol. The lowest BCUT2D eigenvalue weighted by Gasteiger charge is -2.38. The van der Waals surface area contributed by atoms with E-state index >= 15 is 0 Å². The van der Waals surface area contributed by atoms with Crippen LogP contribution in [0.15, 0.2) is 17.1 Å². The first kappa shape index (κ1) is 14.5. The van der Waals surface area contributed by atoms with Gasteiger partial charge in [0.05, 0.1) is 19.3 Å². The van der Waals surface area contributed by atoms with Crippen LogP contribution < -0.4 is 0 Å². The summed E-state index contributed by atoms with van der Waals surface area (Å²) in [6.45, 7) is 5.72. The normalized spacial score (nSPS) is 24.6. The Morgan fingerprint density at radius 2 is 2.33 bits per heavy atom. The quantitative estimate of drug-likeness (QED) is 0.846. The first-order valence-corrected chi connectivity index (χ1v) is 7.59. The SMILES string of the molecule is CCOC[C@@H]1CC2(CCN(C(=O)c3cocn3)CC2)CO1. The number of rotatable bonds is 4. The third-order valence-electron chi connectivity index (χ3n) is 4.56. The molecule has 116 valence electrons. The monoisotopic (exact) mass is 294 g/mol. The minimum Gasteiger partial charge on any atom is -0.451 e. The highest BCUT2D eigenvalue weighted by molar-refractivity contribution is 5.91. The Labute approximate surface area is 124 Å². The lowest BCUT2D eigenvalue weighted by molar-refractivity contribution is 0.0159. The topological polar surface area (TPSA) is 64.8 Å². The van der Waals surface area contributed by atoms with Gasteiger partial charge in [0, 0.05) is 19.7 Å². The number of amides is 1. The van der Waals surface area contributed by atoms with Crippen LogP contribution in [0.1, 0.15) is 36.7 Å². The molecule has 3 rings (SSSR count). The van der Waals surface area contributed by atoms with Crippen molar-refractivity contribution in [1.29, 1.82) is 0 Å². The van der Waals surface area contributed by atoms with Gasteiger partial charge in [-0.25, -0.2) is 4.98 Å². The minimum atomic E-state index is -0.0385. The lowest BCUT2D eigenvalue weighted by atomic mass is 9.76. The summed E-state index contributed by atoms with van der Waals surface area (Å²) in [4.78, 5) is 18.0. The van der Waals surface area contributed by atoms with E-state index in [0.29, 0.717) is 12.3 Å². The summed E-state index contributed by atoms with van der Waals surface area (Å²) >= 11 is 0. The van der Waals surface area contributed by atoms with Crippen LogP contribution in [-0.2, 0) is 9.47 Å². The van der Waals surface area contributed by atoms with Gasteiger partial charge in [-0.05, 0) is 31.6 Å². The van der Waals surface area contributed by atoms with Crippen molar-refractivity contribution in [1.82, 2.24) is 9.88 Å². The summed E-state index contributed by atoms with van der Waals surface area (Å²) in [5.74, 6) is -0.0385. The zero-order valence-electron chi connectivity index (χ0n) is 12.4. The maximum absolute atomic E-state index is 12.2. The van der Waals surface area contributed by atoms with Gasteiger partial charge in [-0.1, -0.05) is 0 Å². The lowest BCUT2D eigenvalue weighted by Crippen LogP contribution is -2.43. The molecule has 2 saturated heterocycles. The number of carbonyl (C=O) groups excluding carboxylic acids is 1. The van der Waals surface area contributed by atoms with Crippen molar-refractivity contribution in [3.8, 4) is 0 Å². The van der Waals surface area contributed by atoms with E-state index in [1.807, 2.05) is 11.8 Å². The second-order valence-electron chi connectivity index (χ2n) is 5.96. The molecule has 0 radical (unpaired) electrons. The van der Waals surface area contributed by atoms with Gasteiger partial charge in [0.2, 0.25) is 0 Å². The molecule has 21 heavy (non-hydrogen) atoms. The molecule has 1 aromatic heterocycles. The van der Waals surface area contributed by atoms with Gasteiger partial charge in [-0.3, -0.25) is 4.79 Å². The molecular formula is C15H22N2O4. The Morgan fingerprint density at radius 1 is 1.52 bits per heavy atom. The van der Waals surface area contributed by atoms with Crippen LogP contribution in [0.2, 0.25) is 0 Å². The van der Waals surface area contributed by atoms with Crippen LogP contribution in [0.3, 0.4) is 0 Å². The van der Waals surface area contributed by atoms with Crippen molar-refractivity contribution in [2.75, 3.05) is 32.9 Å². The van der Waals surface area contributed by atoms with Gasteiger partial charge in [0.1, 0.15) is 6.26 Å².